The summed E-state index contributed by atoms with van der Waals surface area (Å²) in [5.41, 5.74) is 1.22. The number of carbonyl (C=O) groups is 1. The highest BCUT2D eigenvalue weighted by atomic mass is 16.5. The molecule has 1 amide bonds. The zero-order valence-electron chi connectivity index (χ0n) is 17.3. The molecule has 0 bridgehead atoms. The van der Waals surface area contributed by atoms with Crippen molar-refractivity contribution in [2.45, 2.75) is 51.7 Å². The molecular formula is C22H35N3O3. The van der Waals surface area contributed by atoms with Crippen molar-refractivity contribution >= 4 is 5.91 Å². The summed E-state index contributed by atoms with van der Waals surface area (Å²) in [6, 6.07) is 9.17. The van der Waals surface area contributed by atoms with E-state index in [9.17, 15) is 9.90 Å². The van der Waals surface area contributed by atoms with Crippen LogP contribution in [0, 0.1) is 0 Å². The fraction of sp³-hybridized carbons (Fsp3) is 0.682. The number of aliphatic hydroxyl groups excluding tert-OH is 1. The Morgan fingerprint density at radius 1 is 1.18 bits per heavy atom. The van der Waals surface area contributed by atoms with Crippen molar-refractivity contribution in [2.24, 2.45) is 0 Å². The summed E-state index contributed by atoms with van der Waals surface area (Å²) in [5.74, 6) is 1.15. The molecule has 1 N–H and O–H groups in total. The van der Waals surface area contributed by atoms with Crippen LogP contribution in [0.1, 0.15) is 38.7 Å². The van der Waals surface area contributed by atoms with Gasteiger partial charge in [0.2, 0.25) is 5.91 Å². The lowest BCUT2D eigenvalue weighted by molar-refractivity contribution is -0.130. The quantitative estimate of drug-likeness (QED) is 0.773. The third-order valence-electron chi connectivity index (χ3n) is 6.17. The molecule has 2 fully saturated rings. The number of piperidine rings is 1. The first-order valence-electron chi connectivity index (χ1n) is 10.7. The van der Waals surface area contributed by atoms with E-state index in [0.717, 1.165) is 64.3 Å². The monoisotopic (exact) mass is 389 g/mol. The lowest BCUT2D eigenvalue weighted by atomic mass is 9.99. The van der Waals surface area contributed by atoms with Crippen molar-refractivity contribution < 1.29 is 14.6 Å². The molecule has 0 radical (unpaired) electrons. The molecule has 0 saturated carbocycles. The van der Waals surface area contributed by atoms with Gasteiger partial charge in [-0.2, -0.15) is 0 Å². The molecule has 2 aliphatic rings. The molecule has 3 rings (SSSR count). The van der Waals surface area contributed by atoms with E-state index in [0.29, 0.717) is 18.7 Å². The van der Waals surface area contributed by atoms with E-state index in [2.05, 4.69) is 21.9 Å². The number of ether oxygens (including phenoxy) is 1. The topological polar surface area (TPSA) is 56.2 Å². The predicted molar refractivity (Wildman–Crippen MR) is 110 cm³/mol. The molecule has 0 spiro atoms. The van der Waals surface area contributed by atoms with Gasteiger partial charge < -0.3 is 14.7 Å². The maximum Gasteiger partial charge on any atom is 0.219 e. The molecule has 6 nitrogen and oxygen atoms in total. The van der Waals surface area contributed by atoms with Gasteiger partial charge in [0.25, 0.3) is 0 Å². The number of nitrogens with zero attached hydrogens (tertiary/aromatic N) is 3. The number of aliphatic hydroxyl groups is 1. The van der Waals surface area contributed by atoms with Gasteiger partial charge in [-0.1, -0.05) is 18.2 Å². The number of piperazine rings is 1. The van der Waals surface area contributed by atoms with Crippen LogP contribution in [0.4, 0.5) is 0 Å². The standard InChI is InChI=1S/C22H35N3O3/c1-3-28-22-7-5-4-6-19(22)16-24-13-14-25(17-21(24)10-15-26)20-8-11-23(12-9-20)18(2)27/h4-7,20-21,26H,3,8-17H2,1-2H3/t21-/m0/s1. The van der Waals surface area contributed by atoms with Crippen LogP contribution < -0.4 is 4.74 Å². The van der Waals surface area contributed by atoms with E-state index in [1.807, 2.05) is 24.0 Å². The second kappa shape index (κ2) is 10.2. The number of para-hydroxylation sites is 1. The molecular weight excluding hydrogens is 354 g/mol. The summed E-state index contributed by atoms with van der Waals surface area (Å²) >= 11 is 0. The number of hydrogen-bond acceptors (Lipinski definition) is 5. The van der Waals surface area contributed by atoms with Gasteiger partial charge in [0.05, 0.1) is 6.61 Å². The molecule has 2 heterocycles. The Morgan fingerprint density at radius 3 is 2.61 bits per heavy atom. The second-order valence-corrected chi connectivity index (χ2v) is 7.91. The zero-order valence-corrected chi connectivity index (χ0v) is 17.3. The van der Waals surface area contributed by atoms with Crippen LogP contribution in [0.2, 0.25) is 0 Å². The first-order valence-corrected chi connectivity index (χ1v) is 10.7. The number of benzene rings is 1. The van der Waals surface area contributed by atoms with Crippen LogP contribution >= 0.6 is 0 Å². The van der Waals surface area contributed by atoms with Crippen LogP contribution in [0.25, 0.3) is 0 Å². The van der Waals surface area contributed by atoms with E-state index >= 15 is 0 Å². The van der Waals surface area contributed by atoms with Gasteiger partial charge in [0.1, 0.15) is 5.75 Å². The average Bonchev–Trinajstić information content (AvgIpc) is 2.71. The molecule has 0 aliphatic carbocycles. The molecule has 6 heteroatoms. The summed E-state index contributed by atoms with van der Waals surface area (Å²) < 4.78 is 5.80. The van der Waals surface area contributed by atoms with Gasteiger partial charge in [-0.25, -0.2) is 0 Å². The maximum absolute atomic E-state index is 11.6. The third kappa shape index (κ3) is 5.25. The smallest absolute Gasteiger partial charge is 0.219 e. The normalized spacial score (nSPS) is 22.4. The Balaban J connectivity index is 1.61. The molecule has 1 atom stereocenters. The molecule has 0 aromatic heterocycles. The van der Waals surface area contributed by atoms with Crippen LogP contribution in [0.15, 0.2) is 24.3 Å². The van der Waals surface area contributed by atoms with Crippen molar-refractivity contribution in [1.82, 2.24) is 14.7 Å². The summed E-state index contributed by atoms with van der Waals surface area (Å²) in [6.07, 6.45) is 2.90. The van der Waals surface area contributed by atoms with Crippen molar-refractivity contribution in [1.29, 1.82) is 0 Å². The Kier molecular flexibility index (Phi) is 7.71. The van der Waals surface area contributed by atoms with E-state index in [1.165, 1.54) is 5.56 Å². The lowest BCUT2D eigenvalue weighted by Gasteiger charge is -2.46. The van der Waals surface area contributed by atoms with E-state index in [4.69, 9.17) is 4.74 Å². The number of hydrogen-bond donors (Lipinski definition) is 1. The Labute approximate surface area is 169 Å². The molecule has 1 aromatic rings. The van der Waals surface area contributed by atoms with Gasteiger partial charge in [0.15, 0.2) is 0 Å². The fourth-order valence-electron chi connectivity index (χ4n) is 4.58. The van der Waals surface area contributed by atoms with Crippen molar-refractivity contribution in [3.05, 3.63) is 29.8 Å². The number of amides is 1. The SMILES string of the molecule is CCOc1ccccc1CN1CCN(C2CCN(C(C)=O)CC2)C[C@@H]1CCO. The molecule has 2 saturated heterocycles. The van der Waals surface area contributed by atoms with E-state index < -0.39 is 0 Å². The minimum Gasteiger partial charge on any atom is -0.494 e. The maximum atomic E-state index is 11.6. The second-order valence-electron chi connectivity index (χ2n) is 7.91. The number of likely N-dealkylation sites (tertiary alicyclic amines) is 1. The molecule has 2 aliphatic heterocycles. The minimum absolute atomic E-state index is 0.189. The van der Waals surface area contributed by atoms with Gasteiger partial charge >= 0.3 is 0 Å². The Bertz CT molecular complexity index is 631. The van der Waals surface area contributed by atoms with Gasteiger partial charge in [0, 0.05) is 70.4 Å². The van der Waals surface area contributed by atoms with Crippen LogP contribution in [-0.4, -0.2) is 83.7 Å². The van der Waals surface area contributed by atoms with E-state index in [-0.39, 0.29) is 12.5 Å². The highest BCUT2D eigenvalue weighted by molar-refractivity contribution is 5.73. The first-order chi connectivity index (χ1) is 13.6. The van der Waals surface area contributed by atoms with Crippen LogP contribution in [-0.2, 0) is 11.3 Å². The van der Waals surface area contributed by atoms with Gasteiger partial charge in [-0.3, -0.25) is 14.6 Å². The lowest BCUT2D eigenvalue weighted by Crippen LogP contribution is -2.57. The molecule has 1 aromatic carbocycles. The third-order valence-corrected chi connectivity index (χ3v) is 6.17. The van der Waals surface area contributed by atoms with Crippen molar-refractivity contribution in [3.8, 4) is 5.75 Å². The van der Waals surface area contributed by atoms with Gasteiger partial charge in [-0.15, -0.1) is 0 Å². The van der Waals surface area contributed by atoms with Crippen LogP contribution in [0.5, 0.6) is 5.75 Å². The Hall–Kier alpha value is -1.63. The van der Waals surface area contributed by atoms with Crippen molar-refractivity contribution in [3.63, 3.8) is 0 Å². The van der Waals surface area contributed by atoms with Crippen LogP contribution in [0.3, 0.4) is 0 Å². The molecule has 28 heavy (non-hydrogen) atoms. The highest BCUT2D eigenvalue weighted by Crippen LogP contribution is 2.26. The first kappa shape index (κ1) is 21.1. The minimum atomic E-state index is 0.189. The summed E-state index contributed by atoms with van der Waals surface area (Å²) in [6.45, 7) is 10.2. The average molecular weight is 390 g/mol. The predicted octanol–water partition coefficient (Wildman–Crippen LogP) is 1.96. The summed E-state index contributed by atoms with van der Waals surface area (Å²) in [4.78, 5) is 18.6. The Morgan fingerprint density at radius 2 is 1.93 bits per heavy atom. The number of rotatable bonds is 7. The summed E-state index contributed by atoms with van der Waals surface area (Å²) in [5, 5.41) is 9.62. The molecule has 156 valence electrons. The highest BCUT2D eigenvalue weighted by Gasteiger charge is 2.32. The summed E-state index contributed by atoms with van der Waals surface area (Å²) in [7, 11) is 0. The zero-order chi connectivity index (χ0) is 19.9. The largest absolute Gasteiger partial charge is 0.494 e. The van der Waals surface area contributed by atoms with E-state index in [1.54, 1.807) is 6.92 Å². The van der Waals surface area contributed by atoms with Crippen molar-refractivity contribution in [2.75, 3.05) is 45.9 Å². The fourth-order valence-corrected chi connectivity index (χ4v) is 4.58. The number of carbonyl (C=O) groups excluding carboxylic acids is 1. The molecule has 0 unspecified atom stereocenters. The van der Waals surface area contributed by atoms with Gasteiger partial charge in [-0.05, 0) is 32.3 Å².